The van der Waals surface area contributed by atoms with E-state index in [4.69, 9.17) is 10.3 Å². The standard InChI is InChI=1S/C8H11NO2/c1-3-8(9-11)7(2)5-4-6-10/h3-6,10-11H,1H2,2H3/b6-4-,7-5+,9-8+. The van der Waals surface area contributed by atoms with Gasteiger partial charge in [0.2, 0.25) is 0 Å². The Hall–Kier alpha value is -1.51. The highest BCUT2D eigenvalue weighted by molar-refractivity contribution is 6.07. The topological polar surface area (TPSA) is 52.8 Å². The molecule has 3 heteroatoms. The predicted molar refractivity (Wildman–Crippen MR) is 44.9 cm³/mol. The molecule has 0 aromatic carbocycles. The molecule has 0 fully saturated rings. The van der Waals surface area contributed by atoms with Crippen molar-refractivity contribution in [2.24, 2.45) is 5.16 Å². The van der Waals surface area contributed by atoms with Crippen molar-refractivity contribution in [1.82, 2.24) is 0 Å². The molecule has 0 aliphatic carbocycles. The Bertz CT molecular complexity index is 214. The van der Waals surface area contributed by atoms with Crippen molar-refractivity contribution in [3.63, 3.8) is 0 Å². The molecule has 0 spiro atoms. The van der Waals surface area contributed by atoms with Crippen LogP contribution < -0.4 is 0 Å². The Balaban J connectivity index is 4.44. The zero-order chi connectivity index (χ0) is 8.69. The monoisotopic (exact) mass is 153 g/mol. The molecule has 0 aromatic rings. The second-order valence-electron chi connectivity index (χ2n) is 1.88. The summed E-state index contributed by atoms with van der Waals surface area (Å²) in [5.41, 5.74) is 1.12. The molecule has 0 atom stereocenters. The van der Waals surface area contributed by atoms with Gasteiger partial charge in [0, 0.05) is 0 Å². The van der Waals surface area contributed by atoms with Crippen LogP contribution in [0.5, 0.6) is 0 Å². The van der Waals surface area contributed by atoms with Crippen LogP contribution in [0.1, 0.15) is 6.92 Å². The fraction of sp³-hybridized carbons (Fsp3) is 0.125. The molecule has 60 valence electrons. The summed E-state index contributed by atoms with van der Waals surface area (Å²) >= 11 is 0. The lowest BCUT2D eigenvalue weighted by molar-refractivity contribution is 0.320. The minimum absolute atomic E-state index is 0.392. The first-order chi connectivity index (χ1) is 5.26. The largest absolute Gasteiger partial charge is 0.516 e. The summed E-state index contributed by atoms with van der Waals surface area (Å²) in [4.78, 5) is 0. The van der Waals surface area contributed by atoms with Gasteiger partial charge in [-0.2, -0.15) is 0 Å². The molecule has 11 heavy (non-hydrogen) atoms. The highest BCUT2D eigenvalue weighted by atomic mass is 16.4. The van der Waals surface area contributed by atoms with E-state index in [0.29, 0.717) is 5.71 Å². The van der Waals surface area contributed by atoms with Crippen LogP contribution in [0.2, 0.25) is 0 Å². The third kappa shape index (κ3) is 3.25. The summed E-state index contributed by atoms with van der Waals surface area (Å²) in [5.74, 6) is 0. The maximum atomic E-state index is 8.39. The van der Waals surface area contributed by atoms with Crippen LogP contribution >= 0.6 is 0 Å². The average molecular weight is 153 g/mol. The number of aliphatic hydroxyl groups is 1. The van der Waals surface area contributed by atoms with Gasteiger partial charge in [0.15, 0.2) is 0 Å². The van der Waals surface area contributed by atoms with Gasteiger partial charge in [0.05, 0.1) is 6.26 Å². The Morgan fingerprint density at radius 1 is 1.55 bits per heavy atom. The molecule has 0 aliphatic rings. The van der Waals surface area contributed by atoms with Crippen molar-refractivity contribution >= 4 is 5.71 Å². The van der Waals surface area contributed by atoms with Crippen LogP contribution in [0.15, 0.2) is 41.8 Å². The molecule has 0 aliphatic heterocycles. The number of hydrogen-bond donors (Lipinski definition) is 2. The molecule has 0 saturated heterocycles. The maximum Gasteiger partial charge on any atom is 0.104 e. The predicted octanol–water partition coefficient (Wildman–Crippen LogP) is 2.02. The van der Waals surface area contributed by atoms with Crippen molar-refractivity contribution in [1.29, 1.82) is 0 Å². The number of rotatable bonds is 3. The van der Waals surface area contributed by atoms with Crippen LogP contribution in [0, 0.1) is 0 Å². The summed E-state index contributed by atoms with van der Waals surface area (Å²) in [7, 11) is 0. The lowest BCUT2D eigenvalue weighted by Gasteiger charge is -1.94. The first-order valence-electron chi connectivity index (χ1n) is 3.08. The van der Waals surface area contributed by atoms with Crippen molar-refractivity contribution in [2.45, 2.75) is 6.92 Å². The second kappa shape index (κ2) is 5.29. The third-order valence-electron chi connectivity index (χ3n) is 1.14. The Morgan fingerprint density at radius 3 is 2.55 bits per heavy atom. The Morgan fingerprint density at radius 2 is 2.18 bits per heavy atom. The zero-order valence-electron chi connectivity index (χ0n) is 6.36. The molecule has 0 unspecified atom stereocenters. The first-order valence-corrected chi connectivity index (χ1v) is 3.08. The average Bonchev–Trinajstić information content (AvgIpc) is 2.03. The molecule has 0 heterocycles. The summed E-state index contributed by atoms with van der Waals surface area (Å²) in [5, 5.41) is 19.6. The van der Waals surface area contributed by atoms with Gasteiger partial charge >= 0.3 is 0 Å². The van der Waals surface area contributed by atoms with E-state index >= 15 is 0 Å². The second-order valence-corrected chi connectivity index (χ2v) is 1.88. The normalized spacial score (nSPS) is 13.9. The van der Waals surface area contributed by atoms with Gasteiger partial charge in [-0.25, -0.2) is 0 Å². The summed E-state index contributed by atoms with van der Waals surface area (Å²) < 4.78 is 0. The SMILES string of the molecule is C=CC(=N\O)/C(C)=C/C=C\O. The maximum absolute atomic E-state index is 8.39. The van der Waals surface area contributed by atoms with Gasteiger partial charge in [-0.15, -0.1) is 0 Å². The Labute approximate surface area is 65.7 Å². The smallest absolute Gasteiger partial charge is 0.104 e. The number of aliphatic hydroxyl groups excluding tert-OH is 1. The van der Waals surface area contributed by atoms with Gasteiger partial charge in [-0.05, 0) is 24.6 Å². The molecule has 2 N–H and O–H groups in total. The first kappa shape index (κ1) is 9.49. The molecular formula is C8H11NO2. The van der Waals surface area contributed by atoms with Crippen molar-refractivity contribution in [3.05, 3.63) is 36.6 Å². The van der Waals surface area contributed by atoms with E-state index in [2.05, 4.69) is 11.7 Å². The number of oxime groups is 1. The van der Waals surface area contributed by atoms with E-state index in [9.17, 15) is 0 Å². The summed E-state index contributed by atoms with van der Waals surface area (Å²) in [6, 6.07) is 0. The van der Waals surface area contributed by atoms with E-state index < -0.39 is 0 Å². The van der Waals surface area contributed by atoms with Crippen molar-refractivity contribution in [2.75, 3.05) is 0 Å². The zero-order valence-corrected chi connectivity index (χ0v) is 6.36. The van der Waals surface area contributed by atoms with Crippen molar-refractivity contribution < 1.29 is 10.3 Å². The van der Waals surface area contributed by atoms with Gasteiger partial charge in [0.25, 0.3) is 0 Å². The number of nitrogens with zero attached hydrogens (tertiary/aromatic N) is 1. The van der Waals surface area contributed by atoms with Crippen LogP contribution in [-0.2, 0) is 0 Å². The molecular weight excluding hydrogens is 142 g/mol. The molecule has 0 rings (SSSR count). The Kier molecular flexibility index (Phi) is 4.56. The van der Waals surface area contributed by atoms with E-state index in [0.717, 1.165) is 11.8 Å². The lowest BCUT2D eigenvalue weighted by Crippen LogP contribution is -1.93. The van der Waals surface area contributed by atoms with Crippen LogP contribution in [0.4, 0.5) is 0 Å². The lowest BCUT2D eigenvalue weighted by atomic mass is 10.2. The number of allylic oxidation sites excluding steroid dienone is 4. The van der Waals surface area contributed by atoms with Gasteiger partial charge < -0.3 is 10.3 Å². The van der Waals surface area contributed by atoms with Crippen LogP contribution in [-0.4, -0.2) is 16.0 Å². The minimum Gasteiger partial charge on any atom is -0.516 e. The molecule has 0 aromatic heterocycles. The minimum atomic E-state index is 0.392. The van der Waals surface area contributed by atoms with E-state index in [1.165, 1.54) is 12.2 Å². The molecule has 3 nitrogen and oxygen atoms in total. The molecule has 0 radical (unpaired) electrons. The fourth-order valence-electron chi connectivity index (χ4n) is 0.553. The third-order valence-corrected chi connectivity index (χ3v) is 1.14. The van der Waals surface area contributed by atoms with Crippen molar-refractivity contribution in [3.8, 4) is 0 Å². The van der Waals surface area contributed by atoms with E-state index in [-0.39, 0.29) is 0 Å². The highest BCUT2D eigenvalue weighted by Crippen LogP contribution is 1.97. The summed E-state index contributed by atoms with van der Waals surface area (Å²) in [6.45, 7) is 5.19. The number of hydrogen-bond acceptors (Lipinski definition) is 3. The van der Waals surface area contributed by atoms with Gasteiger partial charge in [-0.1, -0.05) is 17.8 Å². The molecule has 0 saturated carbocycles. The van der Waals surface area contributed by atoms with E-state index in [1.807, 2.05) is 0 Å². The van der Waals surface area contributed by atoms with E-state index in [1.54, 1.807) is 13.0 Å². The van der Waals surface area contributed by atoms with Gasteiger partial charge in [0.1, 0.15) is 5.71 Å². The fourth-order valence-corrected chi connectivity index (χ4v) is 0.553. The molecule has 0 amide bonds. The highest BCUT2D eigenvalue weighted by Gasteiger charge is 1.93. The van der Waals surface area contributed by atoms with Crippen LogP contribution in [0.25, 0.3) is 0 Å². The summed E-state index contributed by atoms with van der Waals surface area (Å²) in [6.07, 6.45) is 5.37. The van der Waals surface area contributed by atoms with Gasteiger partial charge in [-0.3, -0.25) is 0 Å². The van der Waals surface area contributed by atoms with Crippen LogP contribution in [0.3, 0.4) is 0 Å². The molecule has 0 bridgehead atoms. The quantitative estimate of drug-likeness (QED) is 0.214.